The Morgan fingerprint density at radius 3 is 2.73 bits per heavy atom. The van der Waals surface area contributed by atoms with E-state index in [1.54, 1.807) is 48.5 Å². The lowest BCUT2D eigenvalue weighted by atomic mass is 10.1. The largest absolute Gasteiger partial charge is 0.463 e. The van der Waals surface area contributed by atoms with E-state index in [4.69, 9.17) is 20.8 Å². The molecule has 0 unspecified atom stereocenters. The number of aryl methyl sites for hydroxylation is 1. The second-order valence-corrected chi connectivity index (χ2v) is 7.07. The number of carbonyl (C=O) groups excluding carboxylic acids is 2. The Balaban J connectivity index is 1.54. The van der Waals surface area contributed by atoms with Gasteiger partial charge in [0.25, 0.3) is 5.91 Å². The van der Waals surface area contributed by atoms with Crippen LogP contribution in [0.3, 0.4) is 0 Å². The zero-order valence-corrected chi connectivity index (χ0v) is 16.8. The third kappa shape index (κ3) is 4.18. The lowest BCUT2D eigenvalue weighted by Crippen LogP contribution is -2.21. The number of pyridine rings is 1. The Morgan fingerprint density at radius 1 is 1.10 bits per heavy atom. The number of rotatable bonds is 5. The molecule has 4 aromatic rings. The molecule has 0 fully saturated rings. The second-order valence-electron chi connectivity index (χ2n) is 6.63. The summed E-state index contributed by atoms with van der Waals surface area (Å²) in [6.07, 6.45) is 1.53. The number of aromatic nitrogens is 1. The maximum atomic E-state index is 12.8. The molecule has 2 heterocycles. The molecule has 0 spiro atoms. The molecule has 7 heteroatoms. The van der Waals surface area contributed by atoms with Crippen LogP contribution in [0.2, 0.25) is 5.02 Å². The quantitative estimate of drug-likeness (QED) is 0.446. The monoisotopic (exact) mass is 420 g/mol. The molecule has 4 rings (SSSR count). The lowest BCUT2D eigenvalue weighted by Gasteiger charge is -2.11. The summed E-state index contributed by atoms with van der Waals surface area (Å²) < 4.78 is 10.7. The first-order valence-corrected chi connectivity index (χ1v) is 9.56. The second kappa shape index (κ2) is 8.39. The highest BCUT2D eigenvalue weighted by Gasteiger charge is 2.17. The molecule has 2 aromatic heterocycles. The van der Waals surface area contributed by atoms with Gasteiger partial charge in [-0.15, -0.1) is 0 Å². The fourth-order valence-electron chi connectivity index (χ4n) is 3.02. The molecule has 6 nitrogen and oxygen atoms in total. The fourth-order valence-corrected chi connectivity index (χ4v) is 3.19. The number of nitrogens with one attached hydrogen (secondary N) is 1. The van der Waals surface area contributed by atoms with Crippen LogP contribution in [0.1, 0.15) is 15.9 Å². The molecule has 0 saturated heterocycles. The number of amides is 1. The Bertz CT molecular complexity index is 1240. The topological polar surface area (TPSA) is 81.4 Å². The van der Waals surface area contributed by atoms with Crippen LogP contribution in [0.15, 0.2) is 71.3 Å². The molecule has 0 bridgehead atoms. The summed E-state index contributed by atoms with van der Waals surface area (Å²) in [4.78, 5) is 29.6. The molecule has 0 aliphatic carbocycles. The Labute approximate surface area is 177 Å². The van der Waals surface area contributed by atoms with Crippen molar-refractivity contribution in [2.75, 3.05) is 11.9 Å². The third-order valence-corrected chi connectivity index (χ3v) is 4.75. The third-order valence-electron chi connectivity index (χ3n) is 4.52. The minimum atomic E-state index is -0.626. The molecule has 1 N–H and O–H groups in total. The van der Waals surface area contributed by atoms with Crippen LogP contribution in [-0.4, -0.2) is 23.5 Å². The van der Waals surface area contributed by atoms with E-state index < -0.39 is 18.5 Å². The van der Waals surface area contributed by atoms with Gasteiger partial charge in [0.2, 0.25) is 0 Å². The summed E-state index contributed by atoms with van der Waals surface area (Å²) in [5.74, 6) is -0.554. The van der Waals surface area contributed by atoms with Crippen LogP contribution in [0, 0.1) is 6.92 Å². The highest BCUT2D eigenvalue weighted by Crippen LogP contribution is 2.26. The zero-order chi connectivity index (χ0) is 21.1. The SMILES string of the molecule is Cc1ccc(Cl)cc1NC(=O)COC(=O)c1cc(-c2ccco2)nc2ccccc12. The van der Waals surface area contributed by atoms with Gasteiger partial charge in [0.15, 0.2) is 12.4 Å². The minimum absolute atomic E-state index is 0.304. The first-order valence-electron chi connectivity index (χ1n) is 9.18. The van der Waals surface area contributed by atoms with Crippen molar-refractivity contribution in [3.63, 3.8) is 0 Å². The van der Waals surface area contributed by atoms with Crippen LogP contribution >= 0.6 is 11.6 Å². The summed E-state index contributed by atoms with van der Waals surface area (Å²) >= 11 is 5.97. The molecule has 2 aromatic carbocycles. The van der Waals surface area contributed by atoms with E-state index in [2.05, 4.69) is 10.3 Å². The predicted molar refractivity (Wildman–Crippen MR) is 115 cm³/mol. The van der Waals surface area contributed by atoms with Crippen molar-refractivity contribution in [1.29, 1.82) is 0 Å². The standard InChI is InChI=1S/C23H17ClN2O4/c1-14-8-9-15(24)11-19(14)26-22(27)13-30-23(28)17-12-20(21-7-4-10-29-21)25-18-6-3-2-5-16(17)18/h2-12H,13H2,1H3,(H,26,27). The highest BCUT2D eigenvalue weighted by atomic mass is 35.5. The van der Waals surface area contributed by atoms with Gasteiger partial charge in [-0.1, -0.05) is 35.9 Å². The average molecular weight is 421 g/mol. The number of halogens is 1. The van der Waals surface area contributed by atoms with Gasteiger partial charge in [-0.05, 0) is 48.9 Å². The summed E-state index contributed by atoms with van der Waals surface area (Å²) in [5.41, 5.74) is 2.85. The molecule has 0 radical (unpaired) electrons. The van der Waals surface area contributed by atoms with Crippen LogP contribution in [0.4, 0.5) is 5.69 Å². The average Bonchev–Trinajstić information content (AvgIpc) is 3.29. The van der Waals surface area contributed by atoms with Crippen molar-refractivity contribution in [2.24, 2.45) is 0 Å². The van der Waals surface area contributed by atoms with Crippen LogP contribution < -0.4 is 5.32 Å². The van der Waals surface area contributed by atoms with Crippen LogP contribution in [-0.2, 0) is 9.53 Å². The van der Waals surface area contributed by atoms with Gasteiger partial charge < -0.3 is 14.5 Å². The number of hydrogen-bond acceptors (Lipinski definition) is 5. The summed E-state index contributed by atoms with van der Waals surface area (Å²) in [5, 5.41) is 3.83. The van der Waals surface area contributed by atoms with Crippen LogP contribution in [0.25, 0.3) is 22.4 Å². The maximum absolute atomic E-state index is 12.8. The lowest BCUT2D eigenvalue weighted by molar-refractivity contribution is -0.119. The summed E-state index contributed by atoms with van der Waals surface area (Å²) in [7, 11) is 0. The van der Waals surface area contributed by atoms with E-state index in [0.29, 0.717) is 38.6 Å². The minimum Gasteiger partial charge on any atom is -0.463 e. The van der Waals surface area contributed by atoms with Crippen molar-refractivity contribution >= 4 is 40.1 Å². The van der Waals surface area contributed by atoms with Gasteiger partial charge in [-0.2, -0.15) is 0 Å². The number of ether oxygens (including phenoxy) is 1. The smallest absolute Gasteiger partial charge is 0.339 e. The number of carbonyl (C=O) groups is 2. The molecule has 30 heavy (non-hydrogen) atoms. The predicted octanol–water partition coefficient (Wildman–Crippen LogP) is 5.25. The number of nitrogens with zero attached hydrogens (tertiary/aromatic N) is 1. The van der Waals surface area contributed by atoms with Crippen molar-refractivity contribution in [3.05, 3.63) is 83.1 Å². The van der Waals surface area contributed by atoms with E-state index in [1.807, 2.05) is 19.1 Å². The maximum Gasteiger partial charge on any atom is 0.339 e. The molecular formula is C23H17ClN2O4. The van der Waals surface area contributed by atoms with Gasteiger partial charge in [0, 0.05) is 16.1 Å². The molecule has 1 amide bonds. The molecule has 0 aliphatic rings. The number of esters is 1. The van der Waals surface area contributed by atoms with Crippen molar-refractivity contribution < 1.29 is 18.7 Å². The molecule has 150 valence electrons. The summed E-state index contributed by atoms with van der Waals surface area (Å²) in [6.45, 7) is 1.41. The van der Waals surface area contributed by atoms with Gasteiger partial charge in [0.05, 0.1) is 17.3 Å². The normalized spacial score (nSPS) is 10.7. The van der Waals surface area contributed by atoms with E-state index in [-0.39, 0.29) is 0 Å². The van der Waals surface area contributed by atoms with E-state index >= 15 is 0 Å². The van der Waals surface area contributed by atoms with E-state index in [0.717, 1.165) is 5.56 Å². The Morgan fingerprint density at radius 2 is 1.93 bits per heavy atom. The molecule has 0 saturated carbocycles. The summed E-state index contributed by atoms with van der Waals surface area (Å²) in [6, 6.07) is 17.5. The molecule has 0 atom stereocenters. The number of anilines is 1. The molecular weight excluding hydrogens is 404 g/mol. The Kier molecular flexibility index (Phi) is 5.50. The Hall–Kier alpha value is -3.64. The van der Waals surface area contributed by atoms with Crippen molar-refractivity contribution in [1.82, 2.24) is 4.98 Å². The van der Waals surface area contributed by atoms with E-state index in [9.17, 15) is 9.59 Å². The van der Waals surface area contributed by atoms with Crippen molar-refractivity contribution in [3.8, 4) is 11.5 Å². The number of benzene rings is 2. The van der Waals surface area contributed by atoms with Crippen LogP contribution in [0.5, 0.6) is 0 Å². The number of para-hydroxylation sites is 1. The first-order chi connectivity index (χ1) is 14.5. The molecule has 0 aliphatic heterocycles. The van der Waals surface area contributed by atoms with Crippen molar-refractivity contribution in [2.45, 2.75) is 6.92 Å². The van der Waals surface area contributed by atoms with E-state index in [1.165, 1.54) is 6.26 Å². The number of furan rings is 1. The highest BCUT2D eigenvalue weighted by molar-refractivity contribution is 6.31. The zero-order valence-electron chi connectivity index (χ0n) is 16.0. The fraction of sp³-hybridized carbons (Fsp3) is 0.0870. The first kappa shape index (κ1) is 19.7. The van der Waals surface area contributed by atoms with Gasteiger partial charge in [-0.25, -0.2) is 9.78 Å². The van der Waals surface area contributed by atoms with Gasteiger partial charge in [-0.3, -0.25) is 4.79 Å². The number of hydrogen-bond donors (Lipinski definition) is 1. The number of fused-ring (bicyclic) bond motifs is 1. The van der Waals surface area contributed by atoms with Gasteiger partial charge >= 0.3 is 5.97 Å². The van der Waals surface area contributed by atoms with Gasteiger partial charge in [0.1, 0.15) is 5.69 Å².